The van der Waals surface area contributed by atoms with Crippen LogP contribution in [0, 0.1) is 0 Å². The van der Waals surface area contributed by atoms with E-state index >= 15 is 0 Å². The molecule has 0 unspecified atom stereocenters. The van der Waals surface area contributed by atoms with Crippen molar-refractivity contribution in [2.45, 2.75) is 4.90 Å². The number of benzene rings is 1. The maximum atomic E-state index is 11.2. The number of hydrogen-bond donors (Lipinski definition) is 1. The van der Waals surface area contributed by atoms with E-state index in [1.165, 1.54) is 7.11 Å². The van der Waals surface area contributed by atoms with Gasteiger partial charge in [0.15, 0.2) is 0 Å². The second-order valence-corrected chi connectivity index (χ2v) is 4.05. The highest BCUT2D eigenvalue weighted by molar-refractivity contribution is 9.10. The van der Waals surface area contributed by atoms with Crippen molar-refractivity contribution in [1.82, 2.24) is 0 Å². The van der Waals surface area contributed by atoms with Gasteiger partial charge in [-0.1, -0.05) is 27.5 Å². The van der Waals surface area contributed by atoms with Gasteiger partial charge in [-0.2, -0.15) is 0 Å². The fourth-order valence-corrected chi connectivity index (χ4v) is 1.91. The van der Waals surface area contributed by atoms with Crippen LogP contribution in [0.25, 0.3) is 0 Å². The number of carbonyl (C=O) groups is 1. The van der Waals surface area contributed by atoms with Crippen LogP contribution >= 0.6 is 40.2 Å². The Morgan fingerprint density at radius 3 is 2.77 bits per heavy atom. The largest absolute Gasteiger partial charge is 0.465 e. The molecule has 0 radical (unpaired) electrons. The standard InChI is InChI=1S/C8H6BrClO2S/c1-12-8(11)5-2-4(9)3-6(13)7(5)10/h2-3,13H,1H3. The minimum absolute atomic E-state index is 0.304. The van der Waals surface area contributed by atoms with Gasteiger partial charge in [-0.05, 0) is 12.1 Å². The summed E-state index contributed by atoms with van der Waals surface area (Å²) in [4.78, 5) is 11.7. The van der Waals surface area contributed by atoms with Crippen LogP contribution in [-0.2, 0) is 4.74 Å². The molecule has 2 nitrogen and oxygen atoms in total. The van der Waals surface area contributed by atoms with Gasteiger partial charge in [-0.3, -0.25) is 0 Å². The molecule has 0 aliphatic rings. The summed E-state index contributed by atoms with van der Waals surface area (Å²) >= 11 is 13.2. The maximum Gasteiger partial charge on any atom is 0.339 e. The Morgan fingerprint density at radius 2 is 2.23 bits per heavy atom. The number of thiol groups is 1. The van der Waals surface area contributed by atoms with E-state index in [0.717, 1.165) is 4.47 Å². The molecule has 0 atom stereocenters. The van der Waals surface area contributed by atoms with E-state index < -0.39 is 5.97 Å². The molecule has 0 aliphatic carbocycles. The second-order valence-electron chi connectivity index (χ2n) is 2.28. The molecule has 0 spiro atoms. The Balaban J connectivity index is 3.28. The zero-order valence-electron chi connectivity index (χ0n) is 6.67. The predicted octanol–water partition coefficient (Wildman–Crippen LogP) is 3.18. The van der Waals surface area contributed by atoms with Gasteiger partial charge in [0.05, 0.1) is 17.7 Å². The van der Waals surface area contributed by atoms with Crippen LogP contribution in [0.1, 0.15) is 10.4 Å². The van der Waals surface area contributed by atoms with E-state index in [9.17, 15) is 4.79 Å². The van der Waals surface area contributed by atoms with Crippen molar-refractivity contribution in [1.29, 1.82) is 0 Å². The fraction of sp³-hybridized carbons (Fsp3) is 0.125. The molecule has 5 heteroatoms. The van der Waals surface area contributed by atoms with Crippen LogP contribution < -0.4 is 0 Å². The summed E-state index contributed by atoms with van der Waals surface area (Å²) < 4.78 is 5.29. The molecule has 0 fully saturated rings. The van der Waals surface area contributed by atoms with Gasteiger partial charge >= 0.3 is 5.97 Å². The SMILES string of the molecule is COC(=O)c1cc(Br)cc(S)c1Cl. The second kappa shape index (κ2) is 4.35. The summed E-state index contributed by atoms with van der Waals surface area (Å²) in [5.74, 6) is -0.471. The number of rotatable bonds is 1. The van der Waals surface area contributed by atoms with E-state index in [1.807, 2.05) is 0 Å². The number of ether oxygens (including phenoxy) is 1. The zero-order valence-corrected chi connectivity index (χ0v) is 9.91. The van der Waals surface area contributed by atoms with E-state index in [0.29, 0.717) is 15.5 Å². The van der Waals surface area contributed by atoms with Crippen LogP contribution in [0.5, 0.6) is 0 Å². The summed E-state index contributed by atoms with van der Waals surface area (Å²) in [6.07, 6.45) is 0. The zero-order chi connectivity index (χ0) is 10.0. The van der Waals surface area contributed by atoms with Crippen LogP contribution in [0.2, 0.25) is 5.02 Å². The van der Waals surface area contributed by atoms with E-state index in [2.05, 4.69) is 33.3 Å². The summed E-state index contributed by atoms with van der Waals surface area (Å²) in [7, 11) is 1.30. The smallest absolute Gasteiger partial charge is 0.339 e. The summed E-state index contributed by atoms with van der Waals surface area (Å²) in [6, 6.07) is 3.30. The Bertz CT molecular complexity index is 354. The topological polar surface area (TPSA) is 26.3 Å². The lowest BCUT2D eigenvalue weighted by molar-refractivity contribution is 0.0600. The number of hydrogen-bond acceptors (Lipinski definition) is 3. The lowest BCUT2D eigenvalue weighted by atomic mass is 10.2. The van der Waals surface area contributed by atoms with Gasteiger partial charge < -0.3 is 4.74 Å². The van der Waals surface area contributed by atoms with Crippen LogP contribution in [0.3, 0.4) is 0 Å². The van der Waals surface area contributed by atoms with Crippen molar-refractivity contribution in [2.24, 2.45) is 0 Å². The van der Waals surface area contributed by atoms with Crippen molar-refractivity contribution in [3.05, 3.63) is 27.2 Å². The summed E-state index contributed by atoms with van der Waals surface area (Å²) in [5.41, 5.74) is 0.309. The first kappa shape index (κ1) is 10.9. The summed E-state index contributed by atoms with van der Waals surface area (Å²) in [5, 5.41) is 0.304. The molecule has 70 valence electrons. The van der Waals surface area contributed by atoms with Gasteiger partial charge in [0.1, 0.15) is 0 Å². The molecule has 13 heavy (non-hydrogen) atoms. The normalized spacial score (nSPS) is 9.85. The minimum Gasteiger partial charge on any atom is -0.465 e. The number of methoxy groups -OCH3 is 1. The van der Waals surface area contributed by atoms with Crippen molar-refractivity contribution >= 4 is 46.1 Å². The Labute approximate surface area is 94.8 Å². The molecule has 0 amide bonds. The molecule has 1 rings (SSSR count). The van der Waals surface area contributed by atoms with Gasteiger partial charge in [0, 0.05) is 9.37 Å². The monoisotopic (exact) mass is 280 g/mol. The highest BCUT2D eigenvalue weighted by Crippen LogP contribution is 2.28. The molecule has 1 aromatic carbocycles. The lowest BCUT2D eigenvalue weighted by Crippen LogP contribution is -2.02. The third-order valence-corrected chi connectivity index (χ3v) is 2.77. The fourth-order valence-electron chi connectivity index (χ4n) is 0.833. The quantitative estimate of drug-likeness (QED) is 0.632. The molecule has 0 aliphatic heterocycles. The van der Waals surface area contributed by atoms with Gasteiger partial charge in [-0.15, -0.1) is 12.6 Å². The van der Waals surface area contributed by atoms with Crippen molar-refractivity contribution in [2.75, 3.05) is 7.11 Å². The third kappa shape index (κ3) is 2.39. The first-order valence-electron chi connectivity index (χ1n) is 3.32. The van der Waals surface area contributed by atoms with Crippen LogP contribution in [-0.4, -0.2) is 13.1 Å². The van der Waals surface area contributed by atoms with E-state index in [1.54, 1.807) is 12.1 Å². The average molecular weight is 282 g/mol. The van der Waals surface area contributed by atoms with Crippen LogP contribution in [0.4, 0.5) is 0 Å². The third-order valence-electron chi connectivity index (χ3n) is 1.42. The molecule has 0 aromatic heterocycles. The molecule has 1 aromatic rings. The van der Waals surface area contributed by atoms with E-state index in [-0.39, 0.29) is 0 Å². The van der Waals surface area contributed by atoms with Gasteiger partial charge in [-0.25, -0.2) is 4.79 Å². The molecule has 0 N–H and O–H groups in total. The van der Waals surface area contributed by atoms with E-state index in [4.69, 9.17) is 11.6 Å². The molecular weight excluding hydrogens is 276 g/mol. The van der Waals surface area contributed by atoms with Crippen molar-refractivity contribution < 1.29 is 9.53 Å². The lowest BCUT2D eigenvalue weighted by Gasteiger charge is -2.04. The molecule has 0 bridgehead atoms. The first-order chi connectivity index (χ1) is 6.06. The number of halogens is 2. The van der Waals surface area contributed by atoms with Gasteiger partial charge in [0.25, 0.3) is 0 Å². The molecule has 0 saturated heterocycles. The highest BCUT2D eigenvalue weighted by atomic mass is 79.9. The maximum absolute atomic E-state index is 11.2. The Morgan fingerprint density at radius 1 is 1.62 bits per heavy atom. The summed E-state index contributed by atoms with van der Waals surface area (Å²) in [6.45, 7) is 0. The highest BCUT2D eigenvalue weighted by Gasteiger charge is 2.13. The van der Waals surface area contributed by atoms with Crippen molar-refractivity contribution in [3.63, 3.8) is 0 Å². The molecular formula is C8H6BrClO2S. The van der Waals surface area contributed by atoms with Crippen molar-refractivity contribution in [3.8, 4) is 0 Å². The molecule has 0 saturated carbocycles. The first-order valence-corrected chi connectivity index (χ1v) is 4.94. The Hall–Kier alpha value is -0.190. The number of carbonyl (C=O) groups excluding carboxylic acids is 1. The number of esters is 1. The Kier molecular flexibility index (Phi) is 3.64. The molecule has 0 heterocycles. The van der Waals surface area contributed by atoms with Crippen LogP contribution in [0.15, 0.2) is 21.5 Å². The average Bonchev–Trinajstić information content (AvgIpc) is 2.10. The predicted molar refractivity (Wildman–Crippen MR) is 57.7 cm³/mol. The minimum atomic E-state index is -0.471. The van der Waals surface area contributed by atoms with Gasteiger partial charge in [0.2, 0.25) is 0 Å².